The van der Waals surface area contributed by atoms with Gasteiger partial charge in [-0.1, -0.05) is 30.2 Å². The Kier molecular flexibility index (Phi) is 7.91. The number of aryl methyl sites for hydroxylation is 3. The quantitative estimate of drug-likeness (QED) is 0.176. The van der Waals surface area contributed by atoms with Crippen molar-refractivity contribution in [2.24, 2.45) is 0 Å². The smallest absolute Gasteiger partial charge is 0.449 e. The summed E-state index contributed by atoms with van der Waals surface area (Å²) in [5.74, 6) is -3.04. The zero-order valence-electron chi connectivity index (χ0n) is 23.1. The van der Waals surface area contributed by atoms with E-state index in [0.29, 0.717) is 13.1 Å². The summed E-state index contributed by atoms with van der Waals surface area (Å²) in [6, 6.07) is 14.3. The third-order valence-corrected chi connectivity index (χ3v) is 7.35. The van der Waals surface area contributed by atoms with Crippen molar-refractivity contribution < 1.29 is 31.9 Å². The highest BCUT2D eigenvalue weighted by Crippen LogP contribution is 2.40. The van der Waals surface area contributed by atoms with Gasteiger partial charge in [0, 0.05) is 6.54 Å². The van der Waals surface area contributed by atoms with Gasteiger partial charge in [0.1, 0.15) is 17.1 Å². The number of carbonyl (C=O) groups excluding carboxylic acids is 1. The lowest BCUT2D eigenvalue weighted by Crippen LogP contribution is -2.29. The maximum atomic E-state index is 14.3. The van der Waals surface area contributed by atoms with Crippen LogP contribution in [0.3, 0.4) is 0 Å². The van der Waals surface area contributed by atoms with Crippen molar-refractivity contribution in [3.8, 4) is 17.2 Å². The van der Waals surface area contributed by atoms with Crippen LogP contribution < -0.4 is 14.9 Å². The van der Waals surface area contributed by atoms with Crippen molar-refractivity contribution in [3.05, 3.63) is 98.4 Å². The van der Waals surface area contributed by atoms with Crippen molar-refractivity contribution in [2.45, 2.75) is 52.8 Å². The molecule has 9 heteroatoms. The van der Waals surface area contributed by atoms with Crippen molar-refractivity contribution in [1.29, 1.82) is 0 Å². The fourth-order valence-electron chi connectivity index (χ4n) is 4.89. The van der Waals surface area contributed by atoms with E-state index >= 15 is 0 Å². The molecule has 0 bridgehead atoms. The second kappa shape index (κ2) is 11.4. The number of nitrogens with zero attached hydrogens (tertiary/aromatic N) is 1. The lowest BCUT2D eigenvalue weighted by atomic mass is 10.1. The van der Waals surface area contributed by atoms with Gasteiger partial charge in [-0.3, -0.25) is 9.69 Å². The first-order valence-electron chi connectivity index (χ1n) is 13.5. The largest absolute Gasteiger partial charge is 0.453 e. The summed E-state index contributed by atoms with van der Waals surface area (Å²) in [4.78, 5) is 28.6. The van der Waals surface area contributed by atoms with E-state index in [-0.39, 0.29) is 40.1 Å². The van der Waals surface area contributed by atoms with Gasteiger partial charge in [0.25, 0.3) is 5.76 Å². The van der Waals surface area contributed by atoms with Crippen LogP contribution in [-0.2, 0) is 12.7 Å². The second-order valence-corrected chi connectivity index (χ2v) is 10.4. The Hall–Kier alpha value is -4.11. The van der Waals surface area contributed by atoms with Gasteiger partial charge < -0.3 is 13.9 Å². The molecule has 0 atom stereocenters. The molecule has 1 aliphatic rings. The van der Waals surface area contributed by atoms with Gasteiger partial charge >= 0.3 is 12.1 Å². The third kappa shape index (κ3) is 6.15. The van der Waals surface area contributed by atoms with E-state index in [9.17, 15) is 22.8 Å². The molecular formula is C32H30F3NO5. The predicted molar refractivity (Wildman–Crippen MR) is 149 cm³/mol. The first kappa shape index (κ1) is 28.4. The summed E-state index contributed by atoms with van der Waals surface area (Å²) < 4.78 is 59.8. The number of ether oxygens (including phenoxy) is 2. The Labute approximate surface area is 235 Å². The lowest BCUT2D eigenvalue weighted by Gasteiger charge is -2.27. The Bertz CT molecular complexity index is 1650. The minimum Gasteiger partial charge on any atom is -0.449 e. The summed E-state index contributed by atoms with van der Waals surface area (Å²) in [6.45, 7) is 7.11. The molecule has 0 saturated carbocycles. The standard InChI is InChI=1S/C32H30F3NO5/c1-19-7-10-22(11-8-19)31(38)40-26-14-13-24-27(37)29(39-23-12-9-20(2)21(3)17-23)30(32(33,34)35)41-28(24)25(26)18-36-15-5-4-6-16-36/h7-14,17H,4-6,15-16,18H2,1-3H3. The average Bonchev–Trinajstić information content (AvgIpc) is 2.93. The average molecular weight is 566 g/mol. The van der Waals surface area contributed by atoms with Crippen LogP contribution in [0.5, 0.6) is 17.2 Å². The molecule has 1 aromatic heterocycles. The molecule has 214 valence electrons. The van der Waals surface area contributed by atoms with E-state index in [1.807, 2.05) is 18.7 Å². The third-order valence-electron chi connectivity index (χ3n) is 7.35. The Morgan fingerprint density at radius 3 is 2.29 bits per heavy atom. The number of rotatable bonds is 6. The van der Waals surface area contributed by atoms with Gasteiger partial charge in [-0.25, -0.2) is 4.79 Å². The van der Waals surface area contributed by atoms with E-state index in [2.05, 4.69) is 0 Å². The zero-order chi connectivity index (χ0) is 29.3. The molecule has 3 aromatic carbocycles. The molecule has 1 fully saturated rings. The van der Waals surface area contributed by atoms with Crippen LogP contribution >= 0.6 is 0 Å². The van der Waals surface area contributed by atoms with Crippen molar-refractivity contribution in [2.75, 3.05) is 13.1 Å². The molecule has 5 rings (SSSR count). The van der Waals surface area contributed by atoms with Crippen LogP contribution in [0.2, 0.25) is 0 Å². The summed E-state index contributed by atoms with van der Waals surface area (Å²) in [6.07, 6.45) is -2.13. The molecule has 41 heavy (non-hydrogen) atoms. The fraction of sp³-hybridized carbons (Fsp3) is 0.312. The minimum atomic E-state index is -5.03. The maximum absolute atomic E-state index is 14.3. The highest BCUT2D eigenvalue weighted by Gasteiger charge is 2.41. The Morgan fingerprint density at radius 2 is 1.63 bits per heavy atom. The van der Waals surface area contributed by atoms with E-state index in [1.54, 1.807) is 43.3 Å². The fourth-order valence-corrected chi connectivity index (χ4v) is 4.89. The molecule has 0 N–H and O–H groups in total. The van der Waals surface area contributed by atoms with E-state index in [4.69, 9.17) is 13.9 Å². The van der Waals surface area contributed by atoms with Crippen LogP contribution in [0.15, 0.2) is 63.8 Å². The number of likely N-dealkylation sites (tertiary alicyclic amines) is 1. The van der Waals surface area contributed by atoms with Crippen LogP contribution in [0.4, 0.5) is 13.2 Å². The van der Waals surface area contributed by atoms with Gasteiger partial charge in [-0.15, -0.1) is 0 Å². The molecule has 1 aliphatic heterocycles. The number of hydrogen-bond donors (Lipinski definition) is 0. The normalized spacial score (nSPS) is 14.3. The molecule has 0 radical (unpaired) electrons. The van der Waals surface area contributed by atoms with Gasteiger partial charge in [0.15, 0.2) is 0 Å². The van der Waals surface area contributed by atoms with Crippen LogP contribution in [0, 0.1) is 20.8 Å². The highest BCUT2D eigenvalue weighted by atomic mass is 19.4. The number of alkyl halides is 3. The van der Waals surface area contributed by atoms with Crippen LogP contribution in [0.25, 0.3) is 11.0 Å². The number of benzene rings is 3. The van der Waals surface area contributed by atoms with Crippen LogP contribution in [-0.4, -0.2) is 24.0 Å². The van der Waals surface area contributed by atoms with Crippen molar-refractivity contribution in [1.82, 2.24) is 4.90 Å². The van der Waals surface area contributed by atoms with Crippen molar-refractivity contribution >= 4 is 16.9 Å². The SMILES string of the molecule is Cc1ccc(C(=O)Oc2ccc3c(=O)c(Oc4ccc(C)c(C)c4)c(C(F)(F)F)oc3c2CN2CCCCC2)cc1. The number of halogens is 3. The molecular weight excluding hydrogens is 535 g/mol. The van der Waals surface area contributed by atoms with E-state index in [1.165, 1.54) is 18.2 Å². The number of carbonyl (C=O) groups is 1. The molecule has 1 saturated heterocycles. The number of hydrogen-bond acceptors (Lipinski definition) is 6. The summed E-state index contributed by atoms with van der Waals surface area (Å²) in [5, 5.41) is -0.0982. The summed E-state index contributed by atoms with van der Waals surface area (Å²) in [5.41, 5.74) is 1.92. The first-order chi connectivity index (χ1) is 19.5. The Morgan fingerprint density at radius 1 is 0.927 bits per heavy atom. The number of piperidine rings is 1. The van der Waals surface area contributed by atoms with E-state index in [0.717, 1.165) is 36.0 Å². The summed E-state index contributed by atoms with van der Waals surface area (Å²) >= 11 is 0. The second-order valence-electron chi connectivity index (χ2n) is 10.4. The minimum absolute atomic E-state index is 0.0350. The van der Waals surface area contributed by atoms with Gasteiger partial charge in [-0.05, 0) is 94.2 Å². The molecule has 4 aromatic rings. The molecule has 6 nitrogen and oxygen atoms in total. The molecule has 0 spiro atoms. The lowest BCUT2D eigenvalue weighted by molar-refractivity contribution is -0.154. The monoisotopic (exact) mass is 565 g/mol. The molecule has 0 unspecified atom stereocenters. The highest BCUT2D eigenvalue weighted by molar-refractivity contribution is 5.92. The predicted octanol–water partition coefficient (Wildman–Crippen LogP) is 7.73. The topological polar surface area (TPSA) is 69.0 Å². The van der Waals surface area contributed by atoms with Gasteiger partial charge in [0.2, 0.25) is 11.2 Å². The Balaban J connectivity index is 1.65. The van der Waals surface area contributed by atoms with E-state index < -0.39 is 29.1 Å². The number of esters is 1. The summed E-state index contributed by atoms with van der Waals surface area (Å²) in [7, 11) is 0. The molecule has 2 heterocycles. The molecule has 0 aliphatic carbocycles. The van der Waals surface area contributed by atoms with Gasteiger partial charge in [0.05, 0.1) is 16.5 Å². The zero-order valence-corrected chi connectivity index (χ0v) is 23.1. The number of fused-ring (bicyclic) bond motifs is 1. The first-order valence-corrected chi connectivity index (χ1v) is 13.5. The maximum Gasteiger partial charge on any atom is 0.453 e. The molecule has 0 amide bonds. The van der Waals surface area contributed by atoms with Crippen LogP contribution in [0.1, 0.15) is 57.6 Å². The van der Waals surface area contributed by atoms with Gasteiger partial charge in [-0.2, -0.15) is 13.2 Å². The van der Waals surface area contributed by atoms with Crippen molar-refractivity contribution in [3.63, 3.8) is 0 Å².